The number of benzene rings is 1. The highest BCUT2D eigenvalue weighted by atomic mass is 127. The molecule has 1 heterocycles. The molecule has 1 saturated heterocycles. The summed E-state index contributed by atoms with van der Waals surface area (Å²) in [7, 11) is 0. The van der Waals surface area contributed by atoms with Gasteiger partial charge in [-0.15, -0.1) is 0 Å². The van der Waals surface area contributed by atoms with Crippen molar-refractivity contribution in [3.63, 3.8) is 0 Å². The van der Waals surface area contributed by atoms with Crippen LogP contribution in [0.2, 0.25) is 0 Å². The fourth-order valence-corrected chi connectivity index (χ4v) is 3.59. The van der Waals surface area contributed by atoms with Crippen molar-refractivity contribution in [2.75, 3.05) is 11.1 Å². The summed E-state index contributed by atoms with van der Waals surface area (Å²) in [6, 6.07) is 9.26. The van der Waals surface area contributed by atoms with Gasteiger partial charge in [-0.05, 0) is 59.4 Å². The van der Waals surface area contributed by atoms with Crippen LogP contribution in [-0.2, 0) is 0 Å². The van der Waals surface area contributed by atoms with Crippen molar-refractivity contribution in [2.24, 2.45) is 0 Å². The summed E-state index contributed by atoms with van der Waals surface area (Å²) in [6.07, 6.45) is 2.65. The van der Waals surface area contributed by atoms with Crippen LogP contribution >= 0.6 is 34.4 Å². The van der Waals surface area contributed by atoms with Gasteiger partial charge in [0, 0.05) is 20.5 Å². The first-order chi connectivity index (χ1) is 7.25. The zero-order valence-corrected chi connectivity index (χ0v) is 11.8. The summed E-state index contributed by atoms with van der Waals surface area (Å²) in [5.74, 6) is 1.33. The Balaban J connectivity index is 2.01. The van der Waals surface area contributed by atoms with Crippen LogP contribution in [0.5, 0.6) is 0 Å². The van der Waals surface area contributed by atoms with Gasteiger partial charge in [-0.2, -0.15) is 11.8 Å². The van der Waals surface area contributed by atoms with Crippen molar-refractivity contribution < 1.29 is 0 Å². The molecule has 2 unspecified atom stereocenters. The zero-order chi connectivity index (χ0) is 10.7. The van der Waals surface area contributed by atoms with Crippen LogP contribution in [-0.4, -0.2) is 17.0 Å². The molecule has 82 valence electrons. The standard InChI is InChI=1S/C12H16INS/c1-9-12(6-3-7-15-9)14-11-5-2-4-10(13)8-11/h2,4-5,8-9,12,14H,3,6-7H2,1H3. The van der Waals surface area contributed by atoms with E-state index in [-0.39, 0.29) is 0 Å². The predicted octanol–water partition coefficient (Wildman–Crippen LogP) is 3.99. The van der Waals surface area contributed by atoms with E-state index in [1.807, 2.05) is 0 Å². The van der Waals surface area contributed by atoms with Gasteiger partial charge in [-0.3, -0.25) is 0 Å². The second-order valence-corrected chi connectivity index (χ2v) is 6.71. The Morgan fingerprint density at radius 3 is 3.07 bits per heavy atom. The van der Waals surface area contributed by atoms with Gasteiger partial charge in [-0.1, -0.05) is 13.0 Å². The molecular formula is C12H16INS. The predicted molar refractivity (Wildman–Crippen MR) is 77.7 cm³/mol. The quantitative estimate of drug-likeness (QED) is 0.822. The molecule has 0 saturated carbocycles. The lowest BCUT2D eigenvalue weighted by molar-refractivity contribution is 0.617. The Kier molecular flexibility index (Phi) is 4.20. The molecule has 0 aliphatic carbocycles. The highest BCUT2D eigenvalue weighted by Gasteiger charge is 2.21. The minimum Gasteiger partial charge on any atom is -0.381 e. The third kappa shape index (κ3) is 3.28. The van der Waals surface area contributed by atoms with E-state index in [0.29, 0.717) is 6.04 Å². The van der Waals surface area contributed by atoms with E-state index in [1.54, 1.807) is 0 Å². The first-order valence-electron chi connectivity index (χ1n) is 5.39. The first kappa shape index (κ1) is 11.6. The second kappa shape index (κ2) is 5.43. The fourth-order valence-electron chi connectivity index (χ4n) is 1.91. The van der Waals surface area contributed by atoms with Crippen molar-refractivity contribution in [1.29, 1.82) is 0 Å². The highest BCUT2D eigenvalue weighted by molar-refractivity contribution is 14.1. The van der Waals surface area contributed by atoms with E-state index in [0.717, 1.165) is 5.25 Å². The van der Waals surface area contributed by atoms with E-state index in [4.69, 9.17) is 0 Å². The molecule has 2 atom stereocenters. The molecule has 0 radical (unpaired) electrons. The third-order valence-corrected chi connectivity index (χ3v) is 4.83. The van der Waals surface area contributed by atoms with E-state index >= 15 is 0 Å². The molecule has 1 aliphatic rings. The lowest BCUT2D eigenvalue weighted by Crippen LogP contribution is -2.32. The van der Waals surface area contributed by atoms with Crippen LogP contribution in [0.3, 0.4) is 0 Å². The van der Waals surface area contributed by atoms with Crippen molar-refractivity contribution in [3.05, 3.63) is 27.8 Å². The minimum atomic E-state index is 0.641. The smallest absolute Gasteiger partial charge is 0.0377 e. The van der Waals surface area contributed by atoms with E-state index in [9.17, 15) is 0 Å². The van der Waals surface area contributed by atoms with Crippen molar-refractivity contribution >= 4 is 40.0 Å². The number of hydrogen-bond acceptors (Lipinski definition) is 2. The van der Waals surface area contributed by atoms with Gasteiger partial charge >= 0.3 is 0 Å². The number of rotatable bonds is 2. The van der Waals surface area contributed by atoms with Crippen LogP contribution in [0.25, 0.3) is 0 Å². The minimum absolute atomic E-state index is 0.641. The highest BCUT2D eigenvalue weighted by Crippen LogP contribution is 2.27. The summed E-state index contributed by atoms with van der Waals surface area (Å²) < 4.78 is 1.30. The van der Waals surface area contributed by atoms with Gasteiger partial charge in [0.15, 0.2) is 0 Å². The normalized spacial score (nSPS) is 26.3. The van der Waals surface area contributed by atoms with Gasteiger partial charge < -0.3 is 5.32 Å². The Labute approximate surface area is 110 Å². The number of nitrogens with one attached hydrogen (secondary N) is 1. The topological polar surface area (TPSA) is 12.0 Å². The van der Waals surface area contributed by atoms with Gasteiger partial charge in [0.25, 0.3) is 0 Å². The molecule has 1 fully saturated rings. The van der Waals surface area contributed by atoms with Gasteiger partial charge in [0.2, 0.25) is 0 Å². The van der Waals surface area contributed by atoms with E-state index in [1.165, 1.54) is 27.9 Å². The van der Waals surface area contributed by atoms with Crippen molar-refractivity contribution in [2.45, 2.75) is 31.1 Å². The maximum atomic E-state index is 3.65. The molecule has 1 N–H and O–H groups in total. The average molecular weight is 333 g/mol. The molecule has 15 heavy (non-hydrogen) atoms. The third-order valence-electron chi connectivity index (χ3n) is 2.78. The molecule has 1 aromatic rings. The molecule has 3 heteroatoms. The first-order valence-corrected chi connectivity index (χ1v) is 7.52. The van der Waals surface area contributed by atoms with Crippen LogP contribution in [0.15, 0.2) is 24.3 Å². The van der Waals surface area contributed by atoms with E-state index in [2.05, 4.69) is 70.9 Å². The van der Waals surface area contributed by atoms with Crippen molar-refractivity contribution in [3.8, 4) is 0 Å². The molecule has 0 spiro atoms. The van der Waals surface area contributed by atoms with Crippen LogP contribution in [0.4, 0.5) is 5.69 Å². The Morgan fingerprint density at radius 1 is 1.47 bits per heavy atom. The Hall–Kier alpha value is 0.100. The Bertz CT molecular complexity index is 329. The maximum absolute atomic E-state index is 3.65. The second-order valence-electron chi connectivity index (χ2n) is 3.98. The summed E-state index contributed by atoms with van der Waals surface area (Å²) >= 11 is 4.44. The van der Waals surface area contributed by atoms with Crippen LogP contribution in [0, 0.1) is 3.57 Å². The molecule has 2 rings (SSSR count). The van der Waals surface area contributed by atoms with Crippen LogP contribution in [0.1, 0.15) is 19.8 Å². The molecular weight excluding hydrogens is 317 g/mol. The maximum Gasteiger partial charge on any atom is 0.0377 e. The summed E-state index contributed by atoms with van der Waals surface area (Å²) in [4.78, 5) is 0. The largest absolute Gasteiger partial charge is 0.381 e. The summed E-state index contributed by atoms with van der Waals surface area (Å²) in [5, 5.41) is 4.38. The number of hydrogen-bond donors (Lipinski definition) is 1. The fraction of sp³-hybridized carbons (Fsp3) is 0.500. The van der Waals surface area contributed by atoms with Crippen molar-refractivity contribution in [1.82, 2.24) is 0 Å². The van der Waals surface area contributed by atoms with Gasteiger partial charge in [-0.25, -0.2) is 0 Å². The summed E-state index contributed by atoms with van der Waals surface area (Å²) in [6.45, 7) is 2.33. The lowest BCUT2D eigenvalue weighted by atomic mass is 10.1. The molecule has 1 aliphatic heterocycles. The van der Waals surface area contributed by atoms with Gasteiger partial charge in [0.1, 0.15) is 0 Å². The zero-order valence-electron chi connectivity index (χ0n) is 8.87. The molecule has 0 bridgehead atoms. The number of halogens is 1. The van der Waals surface area contributed by atoms with Gasteiger partial charge in [0.05, 0.1) is 0 Å². The molecule has 0 amide bonds. The molecule has 1 nitrogen and oxygen atoms in total. The van der Waals surface area contributed by atoms with Crippen LogP contribution < -0.4 is 5.32 Å². The number of anilines is 1. The molecule has 0 aromatic heterocycles. The monoisotopic (exact) mass is 333 g/mol. The summed E-state index contributed by atoms with van der Waals surface area (Å²) in [5.41, 5.74) is 1.27. The number of thioether (sulfide) groups is 1. The molecule has 1 aromatic carbocycles. The Morgan fingerprint density at radius 2 is 2.33 bits per heavy atom. The SMILES string of the molecule is CC1SCCCC1Nc1cccc(I)c1. The average Bonchev–Trinajstić information content (AvgIpc) is 2.22. The lowest BCUT2D eigenvalue weighted by Gasteiger charge is -2.30. The van der Waals surface area contributed by atoms with E-state index < -0.39 is 0 Å².